The fourth-order valence-electron chi connectivity index (χ4n) is 1.34. The first-order chi connectivity index (χ1) is 8.28. The van der Waals surface area contributed by atoms with Crippen LogP contribution >= 0.6 is 28.3 Å². The summed E-state index contributed by atoms with van der Waals surface area (Å²) in [4.78, 5) is 11.5. The first-order valence-electron chi connectivity index (χ1n) is 5.76. The minimum Gasteiger partial charge on any atom is -0.444 e. The summed E-state index contributed by atoms with van der Waals surface area (Å²) in [5.74, 6) is 0. The van der Waals surface area contributed by atoms with Crippen molar-refractivity contribution in [2.45, 2.75) is 32.4 Å². The molecule has 1 unspecified atom stereocenters. The molecule has 3 N–H and O–H groups in total. The number of rotatable bonds is 3. The minimum absolute atomic E-state index is 0. The number of hydrogen-bond donors (Lipinski definition) is 2. The summed E-state index contributed by atoms with van der Waals surface area (Å²) < 4.78 is 6.13. The number of nitrogens with two attached hydrogens (primary N) is 1. The Morgan fingerprint density at radius 1 is 1.37 bits per heavy atom. The first-order valence-corrected chi connectivity index (χ1v) is 6.55. The maximum Gasteiger partial charge on any atom is 0.407 e. The third-order valence-corrected chi connectivity index (χ3v) is 2.69. The van der Waals surface area contributed by atoms with Crippen LogP contribution in [0.4, 0.5) is 4.79 Å². The van der Waals surface area contributed by atoms with Gasteiger partial charge in [0.1, 0.15) is 5.60 Å². The van der Waals surface area contributed by atoms with E-state index in [0.29, 0.717) is 6.54 Å². The molecule has 0 aromatic heterocycles. The molecule has 1 atom stereocenters. The van der Waals surface area contributed by atoms with Gasteiger partial charge in [-0.25, -0.2) is 4.79 Å². The zero-order valence-electron chi connectivity index (χ0n) is 11.3. The Bertz CT molecular complexity index is 404. The number of benzene rings is 1. The normalized spacial score (nSPS) is 12.3. The third-order valence-electron chi connectivity index (χ3n) is 2.16. The molecule has 1 aromatic carbocycles. The van der Waals surface area contributed by atoms with Gasteiger partial charge in [0.2, 0.25) is 0 Å². The van der Waals surface area contributed by atoms with Gasteiger partial charge in [-0.2, -0.15) is 0 Å². The van der Waals surface area contributed by atoms with Crippen molar-refractivity contribution in [1.82, 2.24) is 5.32 Å². The van der Waals surface area contributed by atoms with E-state index >= 15 is 0 Å². The second-order valence-electron chi connectivity index (χ2n) is 5.04. The van der Waals surface area contributed by atoms with Gasteiger partial charge in [0.25, 0.3) is 0 Å². The Morgan fingerprint density at radius 2 is 1.89 bits per heavy atom. The highest BCUT2D eigenvalue weighted by Gasteiger charge is 2.16. The van der Waals surface area contributed by atoms with Crippen molar-refractivity contribution >= 4 is 34.4 Å². The van der Waals surface area contributed by atoms with Crippen molar-refractivity contribution in [2.75, 3.05) is 6.54 Å². The van der Waals surface area contributed by atoms with Crippen LogP contribution in [-0.2, 0) is 4.74 Å². The number of hydrogen-bond acceptors (Lipinski definition) is 3. The van der Waals surface area contributed by atoms with Gasteiger partial charge >= 0.3 is 6.09 Å². The number of carbonyl (C=O) groups excluding carboxylic acids is 1. The van der Waals surface area contributed by atoms with Gasteiger partial charge in [-0.05, 0) is 38.5 Å². The SMILES string of the molecule is CC(C)(C)OC(=O)NCC(N)c1ccc(Br)cc1.Cl. The van der Waals surface area contributed by atoms with Crippen molar-refractivity contribution in [3.05, 3.63) is 34.3 Å². The molecule has 0 aliphatic rings. The van der Waals surface area contributed by atoms with Crippen molar-refractivity contribution in [3.63, 3.8) is 0 Å². The van der Waals surface area contributed by atoms with Crippen LogP contribution in [0.5, 0.6) is 0 Å². The molecule has 0 fully saturated rings. The van der Waals surface area contributed by atoms with Gasteiger partial charge in [0.05, 0.1) is 0 Å². The lowest BCUT2D eigenvalue weighted by atomic mass is 10.1. The van der Waals surface area contributed by atoms with E-state index in [1.807, 2.05) is 45.0 Å². The minimum atomic E-state index is -0.494. The Morgan fingerprint density at radius 3 is 2.37 bits per heavy atom. The molecule has 0 aliphatic heterocycles. The summed E-state index contributed by atoms with van der Waals surface area (Å²) in [6.45, 7) is 5.81. The average molecular weight is 352 g/mol. The second-order valence-corrected chi connectivity index (χ2v) is 5.96. The van der Waals surface area contributed by atoms with Gasteiger partial charge < -0.3 is 15.8 Å². The fraction of sp³-hybridized carbons (Fsp3) is 0.462. The number of carbonyl (C=O) groups is 1. The zero-order valence-corrected chi connectivity index (χ0v) is 13.7. The molecule has 0 aliphatic carbocycles. The Balaban J connectivity index is 0.00000324. The molecule has 0 saturated carbocycles. The molecule has 19 heavy (non-hydrogen) atoms. The maximum absolute atomic E-state index is 11.5. The van der Waals surface area contributed by atoms with Crippen LogP contribution in [-0.4, -0.2) is 18.2 Å². The summed E-state index contributed by atoms with van der Waals surface area (Å²) in [6, 6.07) is 7.44. The highest BCUT2D eigenvalue weighted by molar-refractivity contribution is 9.10. The smallest absolute Gasteiger partial charge is 0.407 e. The molecular formula is C13H20BrClN2O2. The standard InChI is InChI=1S/C13H19BrN2O2.ClH/c1-13(2,3)18-12(17)16-8-11(15)9-4-6-10(14)7-5-9;/h4-7,11H,8,15H2,1-3H3,(H,16,17);1H. The highest BCUT2D eigenvalue weighted by atomic mass is 79.9. The molecule has 0 radical (unpaired) electrons. The van der Waals surface area contributed by atoms with Gasteiger partial charge in [0, 0.05) is 17.1 Å². The number of ether oxygens (including phenoxy) is 1. The summed E-state index contributed by atoms with van der Waals surface area (Å²) in [7, 11) is 0. The number of amides is 1. The average Bonchev–Trinajstić information content (AvgIpc) is 2.24. The van der Waals surface area contributed by atoms with Crippen LogP contribution in [0.15, 0.2) is 28.7 Å². The topological polar surface area (TPSA) is 64.3 Å². The van der Waals surface area contributed by atoms with E-state index in [1.54, 1.807) is 0 Å². The predicted molar refractivity (Wildman–Crippen MR) is 82.6 cm³/mol. The summed E-state index contributed by atoms with van der Waals surface area (Å²) in [5, 5.41) is 2.65. The van der Waals surface area contributed by atoms with E-state index < -0.39 is 11.7 Å². The summed E-state index contributed by atoms with van der Waals surface area (Å²) in [5.41, 5.74) is 6.44. The number of alkyl carbamates (subject to hydrolysis) is 1. The lowest BCUT2D eigenvalue weighted by Crippen LogP contribution is -2.36. The maximum atomic E-state index is 11.5. The van der Waals surface area contributed by atoms with E-state index in [0.717, 1.165) is 10.0 Å². The van der Waals surface area contributed by atoms with E-state index in [-0.39, 0.29) is 18.4 Å². The Hall–Kier alpha value is -0.780. The van der Waals surface area contributed by atoms with Crippen molar-refractivity contribution < 1.29 is 9.53 Å². The molecule has 1 amide bonds. The van der Waals surface area contributed by atoms with Gasteiger partial charge in [-0.3, -0.25) is 0 Å². The zero-order chi connectivity index (χ0) is 13.8. The van der Waals surface area contributed by atoms with Crippen LogP contribution in [0.3, 0.4) is 0 Å². The molecular weight excluding hydrogens is 332 g/mol. The predicted octanol–water partition coefficient (Wildman–Crippen LogP) is 3.40. The van der Waals surface area contributed by atoms with Crippen LogP contribution in [0.25, 0.3) is 0 Å². The van der Waals surface area contributed by atoms with Gasteiger partial charge in [0.15, 0.2) is 0 Å². The molecule has 1 rings (SSSR count). The molecule has 0 bridgehead atoms. The van der Waals surface area contributed by atoms with Crippen molar-refractivity contribution in [2.24, 2.45) is 5.73 Å². The fourth-order valence-corrected chi connectivity index (χ4v) is 1.60. The van der Waals surface area contributed by atoms with Crippen LogP contribution < -0.4 is 11.1 Å². The molecule has 108 valence electrons. The van der Waals surface area contributed by atoms with Crippen LogP contribution in [0.1, 0.15) is 32.4 Å². The summed E-state index contributed by atoms with van der Waals surface area (Å²) >= 11 is 3.36. The molecule has 0 spiro atoms. The van der Waals surface area contributed by atoms with Crippen LogP contribution in [0, 0.1) is 0 Å². The lowest BCUT2D eigenvalue weighted by Gasteiger charge is -2.20. The van der Waals surface area contributed by atoms with E-state index in [2.05, 4.69) is 21.2 Å². The highest BCUT2D eigenvalue weighted by Crippen LogP contribution is 2.15. The Labute approximate surface area is 128 Å². The molecule has 0 saturated heterocycles. The Kier molecular flexibility index (Phi) is 7.41. The van der Waals surface area contributed by atoms with E-state index in [4.69, 9.17) is 10.5 Å². The number of nitrogens with one attached hydrogen (secondary N) is 1. The van der Waals surface area contributed by atoms with E-state index in [9.17, 15) is 4.79 Å². The molecule has 1 aromatic rings. The quantitative estimate of drug-likeness (QED) is 0.877. The van der Waals surface area contributed by atoms with Crippen LogP contribution in [0.2, 0.25) is 0 Å². The lowest BCUT2D eigenvalue weighted by molar-refractivity contribution is 0.0524. The molecule has 6 heteroatoms. The first kappa shape index (κ1) is 18.2. The molecule has 0 heterocycles. The molecule has 4 nitrogen and oxygen atoms in total. The second kappa shape index (κ2) is 7.72. The van der Waals surface area contributed by atoms with Gasteiger partial charge in [-0.1, -0.05) is 28.1 Å². The summed E-state index contributed by atoms with van der Waals surface area (Å²) in [6.07, 6.45) is -0.449. The van der Waals surface area contributed by atoms with Crippen molar-refractivity contribution in [3.8, 4) is 0 Å². The van der Waals surface area contributed by atoms with E-state index in [1.165, 1.54) is 0 Å². The third kappa shape index (κ3) is 7.40. The number of halogens is 2. The van der Waals surface area contributed by atoms with Crippen molar-refractivity contribution in [1.29, 1.82) is 0 Å². The largest absolute Gasteiger partial charge is 0.444 e. The monoisotopic (exact) mass is 350 g/mol. The van der Waals surface area contributed by atoms with Gasteiger partial charge in [-0.15, -0.1) is 12.4 Å².